The van der Waals surface area contributed by atoms with Gasteiger partial charge in [0, 0.05) is 57.0 Å². The molecule has 0 saturated heterocycles. The minimum Gasteiger partial charge on any atom is -0.460 e. The SMILES string of the molecule is C1=CC(c2cc(-c3ccccc3)cc(N3c4ccccc4C4=CC(C5C=Cc6c(c7ccccc7n6-c6ccc7oc8c(c7c6)C=CCC8)C5)=CCC43)c2)=CCC1. The molecule has 3 nitrogen and oxygen atoms in total. The molecule has 3 heterocycles. The van der Waals surface area contributed by atoms with Crippen LogP contribution in [0.5, 0.6) is 0 Å². The second kappa shape index (κ2) is 13.0. The number of aromatic nitrogens is 1. The van der Waals surface area contributed by atoms with Crippen LogP contribution in [0.15, 0.2) is 168 Å². The van der Waals surface area contributed by atoms with Gasteiger partial charge in [-0.05, 0) is 126 Å². The van der Waals surface area contributed by atoms with Crippen LogP contribution >= 0.6 is 0 Å². The Morgan fingerprint density at radius 3 is 2.44 bits per heavy atom. The van der Waals surface area contributed by atoms with Gasteiger partial charge in [-0.1, -0.05) is 115 Å². The molecule has 2 aromatic heterocycles. The first-order valence-electron chi connectivity index (χ1n) is 20.7. The van der Waals surface area contributed by atoms with Gasteiger partial charge >= 0.3 is 0 Å². The Kier molecular flexibility index (Phi) is 7.44. The lowest BCUT2D eigenvalue weighted by molar-refractivity contribution is 0.546. The third-order valence-electron chi connectivity index (χ3n) is 12.9. The van der Waals surface area contributed by atoms with Crippen LogP contribution in [-0.4, -0.2) is 10.6 Å². The minimum atomic E-state index is 0.240. The molecular formula is C54H42N2O. The molecule has 0 amide bonds. The van der Waals surface area contributed by atoms with E-state index < -0.39 is 0 Å². The molecule has 0 radical (unpaired) electrons. The van der Waals surface area contributed by atoms with Crippen molar-refractivity contribution in [1.82, 2.24) is 4.57 Å². The van der Waals surface area contributed by atoms with Gasteiger partial charge < -0.3 is 13.9 Å². The Bertz CT molecular complexity index is 2980. The Balaban J connectivity index is 0.915. The first-order chi connectivity index (χ1) is 28.2. The number of nitrogens with zero attached hydrogens (tertiary/aromatic N) is 2. The summed E-state index contributed by atoms with van der Waals surface area (Å²) in [6, 6.07) is 43.0. The van der Waals surface area contributed by atoms with E-state index >= 15 is 0 Å². The summed E-state index contributed by atoms with van der Waals surface area (Å²) in [7, 11) is 0. The molecule has 0 fully saturated rings. The second-order valence-electron chi connectivity index (χ2n) is 16.2. The maximum Gasteiger partial charge on any atom is 0.135 e. The van der Waals surface area contributed by atoms with Gasteiger partial charge in [-0.15, -0.1) is 0 Å². The summed E-state index contributed by atoms with van der Waals surface area (Å²) in [6.45, 7) is 0. The number of furan rings is 1. The molecule has 0 N–H and O–H groups in total. The summed E-state index contributed by atoms with van der Waals surface area (Å²) in [5.74, 6) is 1.41. The predicted molar refractivity (Wildman–Crippen MR) is 238 cm³/mol. The van der Waals surface area contributed by atoms with Crippen molar-refractivity contribution >= 4 is 56.5 Å². The lowest BCUT2D eigenvalue weighted by Gasteiger charge is -2.31. The summed E-state index contributed by atoms with van der Waals surface area (Å²) >= 11 is 0. The molecule has 0 bridgehead atoms. The van der Waals surface area contributed by atoms with Gasteiger partial charge in [0.2, 0.25) is 0 Å². The van der Waals surface area contributed by atoms with Crippen LogP contribution in [0, 0.1) is 5.92 Å². The molecule has 7 aromatic rings. The number of hydrogen-bond acceptors (Lipinski definition) is 2. The van der Waals surface area contributed by atoms with E-state index in [2.05, 4.69) is 179 Å². The standard InChI is InChI=1S/C54H42N2O/c1-3-13-35(14-4-1)39-29-40(36-15-5-2-6-16-36)31-42(30-39)56-50-21-11-8-18-44(50)47-33-38(24-27-52(47)56)37-23-26-51-46(32-37)43-17-7-10-20-49(43)55(51)41-25-28-54-48(34-41)45-19-9-12-22-53(45)57-54/h1,3-5,7-11,13-21,23-26,28-31,33-34,37,52H,2,6,12,22,27,32H2. The van der Waals surface area contributed by atoms with Gasteiger partial charge in [0.05, 0.1) is 11.6 Å². The Morgan fingerprint density at radius 1 is 0.649 bits per heavy atom. The molecular weight excluding hydrogens is 693 g/mol. The first kappa shape index (κ1) is 32.6. The van der Waals surface area contributed by atoms with Crippen LogP contribution < -0.4 is 4.90 Å². The highest BCUT2D eigenvalue weighted by molar-refractivity contribution is 5.97. The van der Waals surface area contributed by atoms with Crippen molar-refractivity contribution in [3.8, 4) is 16.8 Å². The summed E-state index contributed by atoms with van der Waals surface area (Å²) in [5.41, 5.74) is 19.2. The van der Waals surface area contributed by atoms with Crippen molar-refractivity contribution in [2.75, 3.05) is 4.90 Å². The number of fused-ring (bicyclic) bond motifs is 9. The molecule has 57 heavy (non-hydrogen) atoms. The average molecular weight is 735 g/mol. The van der Waals surface area contributed by atoms with Gasteiger partial charge in [-0.3, -0.25) is 0 Å². The molecule has 0 saturated carbocycles. The maximum absolute atomic E-state index is 6.29. The van der Waals surface area contributed by atoms with Gasteiger partial charge in [0.1, 0.15) is 11.3 Å². The monoisotopic (exact) mass is 734 g/mol. The van der Waals surface area contributed by atoms with Crippen molar-refractivity contribution < 1.29 is 4.42 Å². The van der Waals surface area contributed by atoms with Crippen molar-refractivity contribution in [2.24, 2.45) is 5.92 Å². The maximum atomic E-state index is 6.29. The number of benzene rings is 5. The number of anilines is 2. The van der Waals surface area contributed by atoms with E-state index in [1.54, 1.807) is 0 Å². The lowest BCUT2D eigenvalue weighted by atomic mass is 9.81. The zero-order valence-electron chi connectivity index (χ0n) is 31.9. The van der Waals surface area contributed by atoms with E-state index in [0.717, 1.165) is 49.9 Å². The Hall–Kier alpha value is -6.58. The van der Waals surface area contributed by atoms with E-state index in [1.807, 2.05) is 0 Å². The van der Waals surface area contributed by atoms with Crippen LogP contribution in [0.3, 0.4) is 0 Å². The van der Waals surface area contributed by atoms with Crippen molar-refractivity contribution in [1.29, 1.82) is 0 Å². The quantitative estimate of drug-likeness (QED) is 0.176. The zero-order valence-corrected chi connectivity index (χ0v) is 31.9. The van der Waals surface area contributed by atoms with Gasteiger partial charge in [0.15, 0.2) is 0 Å². The molecule has 12 rings (SSSR count). The molecule has 2 atom stereocenters. The molecule has 1 aliphatic heterocycles. The fourth-order valence-electron chi connectivity index (χ4n) is 10.2. The van der Waals surface area contributed by atoms with Crippen LogP contribution in [-0.2, 0) is 12.8 Å². The number of aryl methyl sites for hydroxylation is 1. The predicted octanol–water partition coefficient (Wildman–Crippen LogP) is 13.9. The van der Waals surface area contributed by atoms with Gasteiger partial charge in [-0.2, -0.15) is 0 Å². The third kappa shape index (κ3) is 5.26. The zero-order chi connectivity index (χ0) is 37.5. The van der Waals surface area contributed by atoms with Crippen LogP contribution in [0.1, 0.15) is 59.4 Å². The second-order valence-corrected chi connectivity index (χ2v) is 16.2. The van der Waals surface area contributed by atoms with E-state index in [-0.39, 0.29) is 6.04 Å². The lowest BCUT2D eigenvalue weighted by Crippen LogP contribution is -2.28. The number of para-hydroxylation sites is 2. The molecule has 4 aliphatic carbocycles. The van der Waals surface area contributed by atoms with Crippen LogP contribution in [0.25, 0.3) is 62.0 Å². The summed E-state index contributed by atoms with van der Waals surface area (Å²) in [5, 5.41) is 2.54. The molecule has 0 spiro atoms. The summed E-state index contributed by atoms with van der Waals surface area (Å²) in [4.78, 5) is 2.61. The largest absolute Gasteiger partial charge is 0.460 e. The van der Waals surface area contributed by atoms with Crippen molar-refractivity contribution in [2.45, 2.75) is 44.6 Å². The molecule has 5 aliphatic rings. The van der Waals surface area contributed by atoms with E-state index in [1.165, 1.54) is 89.1 Å². The number of rotatable bonds is 5. The van der Waals surface area contributed by atoms with Gasteiger partial charge in [0.25, 0.3) is 0 Å². The molecule has 274 valence electrons. The number of allylic oxidation sites excluding steroid dienone is 8. The fourth-order valence-corrected chi connectivity index (χ4v) is 10.2. The van der Waals surface area contributed by atoms with E-state index in [9.17, 15) is 0 Å². The smallest absolute Gasteiger partial charge is 0.135 e. The number of hydrogen-bond donors (Lipinski definition) is 0. The highest BCUT2D eigenvalue weighted by Gasteiger charge is 2.37. The minimum absolute atomic E-state index is 0.240. The first-order valence-corrected chi connectivity index (χ1v) is 20.7. The molecule has 3 heteroatoms. The fraction of sp³-hybridized carbons (Fsp3) is 0.148. The van der Waals surface area contributed by atoms with Crippen LogP contribution in [0.4, 0.5) is 11.4 Å². The van der Waals surface area contributed by atoms with Gasteiger partial charge in [-0.25, -0.2) is 0 Å². The van der Waals surface area contributed by atoms with E-state index in [4.69, 9.17) is 4.42 Å². The average Bonchev–Trinajstić information content (AvgIpc) is 3.94. The Morgan fingerprint density at radius 2 is 1.51 bits per heavy atom. The summed E-state index contributed by atoms with van der Waals surface area (Å²) in [6.07, 6.45) is 27.6. The third-order valence-corrected chi connectivity index (χ3v) is 12.9. The highest BCUT2D eigenvalue weighted by Crippen LogP contribution is 2.50. The van der Waals surface area contributed by atoms with Crippen molar-refractivity contribution in [3.05, 3.63) is 197 Å². The van der Waals surface area contributed by atoms with E-state index in [0.29, 0.717) is 5.92 Å². The Labute approximate surface area is 333 Å². The normalized spacial score (nSPS) is 19.2. The molecule has 5 aromatic carbocycles. The van der Waals surface area contributed by atoms with Crippen molar-refractivity contribution in [3.63, 3.8) is 0 Å². The highest BCUT2D eigenvalue weighted by atomic mass is 16.3. The summed E-state index contributed by atoms with van der Waals surface area (Å²) < 4.78 is 8.75. The van der Waals surface area contributed by atoms with Crippen LogP contribution in [0.2, 0.25) is 0 Å². The molecule has 2 unspecified atom stereocenters. The topological polar surface area (TPSA) is 21.3 Å².